The Morgan fingerprint density at radius 2 is 1.95 bits per heavy atom. The van der Waals surface area contributed by atoms with E-state index in [9.17, 15) is 0 Å². The van der Waals surface area contributed by atoms with Gasteiger partial charge in [-0.05, 0) is 31.7 Å². The molecule has 0 bridgehead atoms. The van der Waals surface area contributed by atoms with Crippen molar-refractivity contribution in [2.45, 2.75) is 38.3 Å². The number of anilines is 1. The fraction of sp³-hybridized carbons (Fsp3) is 0.353. The number of aromatic nitrogens is 2. The molecule has 5 nitrogen and oxygen atoms in total. The van der Waals surface area contributed by atoms with Crippen molar-refractivity contribution in [3.8, 4) is 11.8 Å². The molecule has 3 rings (SSSR count). The molecule has 0 spiro atoms. The summed E-state index contributed by atoms with van der Waals surface area (Å²) in [5, 5.41) is 12.2. The van der Waals surface area contributed by atoms with Crippen molar-refractivity contribution in [3.05, 3.63) is 47.9 Å². The summed E-state index contributed by atoms with van der Waals surface area (Å²) >= 11 is 0. The number of hydrogen-bond acceptors (Lipinski definition) is 5. The number of benzene rings is 1. The van der Waals surface area contributed by atoms with Crippen LogP contribution in [0.15, 0.2) is 36.7 Å². The normalized spacial score (nSPS) is 14.5. The standard InChI is InChI=1S/C17H18N4O/c18-11-15-17(20-10-9-19-15)21-12-13-5-1-4-8-16(13)22-14-6-2-3-7-14/h1,4-5,8-10,14H,2-3,6-7,12H2,(H,20,21). The quantitative estimate of drug-likeness (QED) is 0.916. The first-order valence-electron chi connectivity index (χ1n) is 7.56. The second kappa shape index (κ2) is 6.90. The summed E-state index contributed by atoms with van der Waals surface area (Å²) in [6, 6.07) is 10.0. The number of rotatable bonds is 5. The van der Waals surface area contributed by atoms with E-state index in [2.05, 4.69) is 15.3 Å². The average Bonchev–Trinajstić information content (AvgIpc) is 3.07. The van der Waals surface area contributed by atoms with Gasteiger partial charge in [0, 0.05) is 24.5 Å². The maximum atomic E-state index is 9.04. The Hall–Kier alpha value is -2.61. The molecule has 112 valence electrons. The van der Waals surface area contributed by atoms with Gasteiger partial charge in [0.05, 0.1) is 6.10 Å². The molecule has 0 radical (unpaired) electrons. The summed E-state index contributed by atoms with van der Waals surface area (Å²) in [6.07, 6.45) is 8.17. The lowest BCUT2D eigenvalue weighted by atomic mass is 10.2. The summed E-state index contributed by atoms with van der Waals surface area (Å²) in [4.78, 5) is 8.16. The van der Waals surface area contributed by atoms with Gasteiger partial charge in [0.2, 0.25) is 0 Å². The molecule has 0 saturated heterocycles. The van der Waals surface area contributed by atoms with E-state index in [-0.39, 0.29) is 0 Å². The molecule has 1 heterocycles. The lowest BCUT2D eigenvalue weighted by molar-refractivity contribution is 0.208. The van der Waals surface area contributed by atoms with Gasteiger partial charge in [0.25, 0.3) is 0 Å². The molecule has 0 unspecified atom stereocenters. The molecule has 1 saturated carbocycles. The zero-order chi connectivity index (χ0) is 15.2. The van der Waals surface area contributed by atoms with Gasteiger partial charge in [-0.15, -0.1) is 0 Å². The zero-order valence-electron chi connectivity index (χ0n) is 12.3. The Morgan fingerprint density at radius 3 is 2.77 bits per heavy atom. The molecule has 5 heteroatoms. The first kappa shape index (κ1) is 14.3. The number of nitrogens with zero attached hydrogens (tertiary/aromatic N) is 3. The summed E-state index contributed by atoms with van der Waals surface area (Å²) < 4.78 is 6.11. The third-order valence-electron chi connectivity index (χ3n) is 3.82. The monoisotopic (exact) mass is 294 g/mol. The van der Waals surface area contributed by atoms with Crippen molar-refractivity contribution in [3.63, 3.8) is 0 Å². The molecule has 22 heavy (non-hydrogen) atoms. The number of nitrogens with one attached hydrogen (secondary N) is 1. The van der Waals surface area contributed by atoms with Crippen LogP contribution in [-0.4, -0.2) is 16.1 Å². The largest absolute Gasteiger partial charge is 0.490 e. The minimum atomic E-state index is 0.302. The molecule has 0 aliphatic heterocycles. The maximum absolute atomic E-state index is 9.04. The Balaban J connectivity index is 1.71. The van der Waals surface area contributed by atoms with Crippen LogP contribution in [0.25, 0.3) is 0 Å². The lowest BCUT2D eigenvalue weighted by Crippen LogP contribution is -2.13. The van der Waals surface area contributed by atoms with Crippen LogP contribution in [0.1, 0.15) is 36.9 Å². The third-order valence-corrected chi connectivity index (χ3v) is 3.82. The fourth-order valence-electron chi connectivity index (χ4n) is 2.68. The van der Waals surface area contributed by atoms with Crippen LogP contribution in [0.4, 0.5) is 5.82 Å². The smallest absolute Gasteiger partial charge is 0.182 e. The van der Waals surface area contributed by atoms with Crippen LogP contribution >= 0.6 is 0 Å². The van der Waals surface area contributed by atoms with Crippen molar-refractivity contribution in [1.29, 1.82) is 5.26 Å². The highest BCUT2D eigenvalue weighted by Crippen LogP contribution is 2.27. The van der Waals surface area contributed by atoms with Gasteiger partial charge >= 0.3 is 0 Å². The predicted octanol–water partition coefficient (Wildman–Crippen LogP) is 3.28. The first-order chi connectivity index (χ1) is 10.9. The summed E-state index contributed by atoms with van der Waals surface area (Å²) in [5.41, 5.74) is 1.36. The van der Waals surface area contributed by atoms with Gasteiger partial charge in [-0.1, -0.05) is 18.2 Å². The molecule has 0 amide bonds. The molecule has 1 aliphatic carbocycles. The molecule has 0 atom stereocenters. The van der Waals surface area contributed by atoms with Crippen molar-refractivity contribution >= 4 is 5.82 Å². The van der Waals surface area contributed by atoms with Crippen LogP contribution in [-0.2, 0) is 6.54 Å². The minimum absolute atomic E-state index is 0.302. The molecule has 1 aromatic heterocycles. The molecule has 1 fully saturated rings. The highest BCUT2D eigenvalue weighted by Gasteiger charge is 2.17. The Bertz CT molecular complexity index is 674. The SMILES string of the molecule is N#Cc1nccnc1NCc1ccccc1OC1CCCC1. The number of ether oxygens (including phenoxy) is 1. The van der Waals surface area contributed by atoms with Gasteiger partial charge < -0.3 is 10.1 Å². The van der Waals surface area contributed by atoms with Crippen LogP contribution in [0.2, 0.25) is 0 Å². The van der Waals surface area contributed by atoms with Gasteiger partial charge in [-0.3, -0.25) is 0 Å². The van der Waals surface area contributed by atoms with E-state index < -0.39 is 0 Å². The van der Waals surface area contributed by atoms with Crippen molar-refractivity contribution in [2.24, 2.45) is 0 Å². The summed E-state index contributed by atoms with van der Waals surface area (Å²) in [6.45, 7) is 0.552. The van der Waals surface area contributed by atoms with E-state index in [4.69, 9.17) is 10.00 Å². The molecule has 2 aromatic rings. The van der Waals surface area contributed by atoms with E-state index >= 15 is 0 Å². The molecule has 1 aromatic carbocycles. The Labute approximate surface area is 130 Å². The van der Waals surface area contributed by atoms with Gasteiger partial charge in [0.15, 0.2) is 11.5 Å². The van der Waals surface area contributed by atoms with E-state index in [1.807, 2.05) is 30.3 Å². The van der Waals surface area contributed by atoms with Crippen LogP contribution < -0.4 is 10.1 Å². The minimum Gasteiger partial charge on any atom is -0.490 e. The van der Waals surface area contributed by atoms with Gasteiger partial charge in [-0.25, -0.2) is 9.97 Å². The fourth-order valence-corrected chi connectivity index (χ4v) is 2.68. The van der Waals surface area contributed by atoms with Crippen molar-refractivity contribution in [2.75, 3.05) is 5.32 Å². The highest BCUT2D eigenvalue weighted by atomic mass is 16.5. The van der Waals surface area contributed by atoms with E-state index in [0.29, 0.717) is 24.2 Å². The Kier molecular flexibility index (Phi) is 4.50. The van der Waals surface area contributed by atoms with E-state index in [0.717, 1.165) is 24.2 Å². The molecule has 1 N–H and O–H groups in total. The summed E-state index contributed by atoms with van der Waals surface area (Å²) in [5.74, 6) is 1.41. The second-order valence-corrected chi connectivity index (χ2v) is 5.35. The summed E-state index contributed by atoms with van der Waals surface area (Å²) in [7, 11) is 0. The second-order valence-electron chi connectivity index (χ2n) is 5.35. The van der Waals surface area contributed by atoms with E-state index in [1.165, 1.54) is 19.0 Å². The zero-order valence-corrected chi connectivity index (χ0v) is 12.3. The molecular weight excluding hydrogens is 276 g/mol. The molecule has 1 aliphatic rings. The van der Waals surface area contributed by atoms with E-state index in [1.54, 1.807) is 6.20 Å². The topological polar surface area (TPSA) is 70.8 Å². The van der Waals surface area contributed by atoms with Gasteiger partial charge in [0.1, 0.15) is 11.8 Å². The maximum Gasteiger partial charge on any atom is 0.182 e. The molecular formula is C17H18N4O. The van der Waals surface area contributed by atoms with Crippen molar-refractivity contribution in [1.82, 2.24) is 9.97 Å². The van der Waals surface area contributed by atoms with Crippen LogP contribution in [0.5, 0.6) is 5.75 Å². The van der Waals surface area contributed by atoms with Crippen LogP contribution in [0.3, 0.4) is 0 Å². The van der Waals surface area contributed by atoms with Crippen LogP contribution in [0, 0.1) is 11.3 Å². The Morgan fingerprint density at radius 1 is 1.18 bits per heavy atom. The third kappa shape index (κ3) is 3.34. The predicted molar refractivity (Wildman–Crippen MR) is 83.4 cm³/mol. The lowest BCUT2D eigenvalue weighted by Gasteiger charge is -2.17. The number of nitriles is 1. The number of para-hydroxylation sites is 1. The number of hydrogen-bond donors (Lipinski definition) is 1. The first-order valence-corrected chi connectivity index (χ1v) is 7.56. The average molecular weight is 294 g/mol. The highest BCUT2D eigenvalue weighted by molar-refractivity contribution is 5.48. The van der Waals surface area contributed by atoms with Gasteiger partial charge in [-0.2, -0.15) is 5.26 Å². The van der Waals surface area contributed by atoms with Crippen molar-refractivity contribution < 1.29 is 4.74 Å².